The van der Waals surface area contributed by atoms with Crippen LogP contribution in [0, 0.1) is 5.82 Å². The van der Waals surface area contributed by atoms with Crippen LogP contribution >= 0.6 is 11.8 Å². The van der Waals surface area contributed by atoms with Gasteiger partial charge in [0.2, 0.25) is 11.8 Å². The number of nitrogens with two attached hydrogens (primary N) is 1. The monoisotopic (exact) mass is 367 g/mol. The lowest BCUT2D eigenvalue weighted by Crippen LogP contribution is -2.56. The molecule has 1 aliphatic heterocycles. The van der Waals surface area contributed by atoms with E-state index in [0.717, 1.165) is 19.3 Å². The van der Waals surface area contributed by atoms with E-state index in [1.54, 1.807) is 18.2 Å². The highest BCUT2D eigenvalue weighted by atomic mass is 32.2. The van der Waals surface area contributed by atoms with Gasteiger partial charge in [-0.3, -0.25) is 9.59 Å². The van der Waals surface area contributed by atoms with Gasteiger partial charge in [0.25, 0.3) is 0 Å². The van der Waals surface area contributed by atoms with Crippen LogP contribution in [-0.4, -0.2) is 41.4 Å². The van der Waals surface area contributed by atoms with Crippen LogP contribution in [0.15, 0.2) is 24.3 Å². The lowest BCUT2D eigenvalue weighted by molar-refractivity contribution is -0.129. The van der Waals surface area contributed by atoms with Gasteiger partial charge >= 0.3 is 0 Å². The third-order valence-corrected chi connectivity index (χ3v) is 5.60. The lowest BCUT2D eigenvalue weighted by Gasteiger charge is -2.29. The minimum Gasteiger partial charge on any atom is -0.350 e. The maximum Gasteiger partial charge on any atom is 0.243 e. The molecule has 0 aromatic heterocycles. The highest BCUT2D eigenvalue weighted by Crippen LogP contribution is 2.23. The van der Waals surface area contributed by atoms with Crippen LogP contribution in [0.25, 0.3) is 0 Å². The van der Waals surface area contributed by atoms with Gasteiger partial charge in [0, 0.05) is 18.3 Å². The van der Waals surface area contributed by atoms with Crippen molar-refractivity contribution in [2.45, 2.75) is 49.9 Å². The summed E-state index contributed by atoms with van der Waals surface area (Å²) in [6.07, 6.45) is 3.20. The summed E-state index contributed by atoms with van der Waals surface area (Å²) in [4.78, 5) is 24.6. The van der Waals surface area contributed by atoms with E-state index in [2.05, 4.69) is 17.6 Å². The van der Waals surface area contributed by atoms with E-state index in [4.69, 9.17) is 5.73 Å². The first kappa shape index (κ1) is 19.7. The van der Waals surface area contributed by atoms with Crippen molar-refractivity contribution in [3.63, 3.8) is 0 Å². The van der Waals surface area contributed by atoms with E-state index in [-0.39, 0.29) is 28.9 Å². The molecule has 7 heteroatoms. The zero-order valence-corrected chi connectivity index (χ0v) is 15.3. The minimum absolute atomic E-state index is 0.0644. The summed E-state index contributed by atoms with van der Waals surface area (Å²) in [6, 6.07) is 5.82. The SMILES string of the molecule is CCCCC(CN)NC(=O)C1CSC(Cc2ccccc2F)C(=O)N1. The number of unbranched alkanes of at least 4 members (excludes halogenated alkanes) is 1. The van der Waals surface area contributed by atoms with Crippen LogP contribution in [0.3, 0.4) is 0 Å². The highest BCUT2D eigenvalue weighted by molar-refractivity contribution is 8.00. The Labute approximate surface area is 152 Å². The lowest BCUT2D eigenvalue weighted by atomic mass is 10.1. The number of thioether (sulfide) groups is 1. The minimum atomic E-state index is -0.565. The van der Waals surface area contributed by atoms with Gasteiger partial charge in [0.05, 0.1) is 5.25 Å². The molecule has 1 fully saturated rings. The molecule has 3 atom stereocenters. The van der Waals surface area contributed by atoms with Gasteiger partial charge in [-0.1, -0.05) is 38.0 Å². The molecule has 2 rings (SSSR count). The number of halogens is 1. The Bertz CT molecular complexity index is 599. The largest absolute Gasteiger partial charge is 0.350 e. The molecule has 0 spiro atoms. The van der Waals surface area contributed by atoms with Gasteiger partial charge in [-0.25, -0.2) is 4.39 Å². The van der Waals surface area contributed by atoms with Crippen LogP contribution in [0.1, 0.15) is 31.7 Å². The van der Waals surface area contributed by atoms with Gasteiger partial charge in [-0.15, -0.1) is 11.8 Å². The Balaban J connectivity index is 1.87. The Morgan fingerprint density at radius 1 is 1.48 bits per heavy atom. The van der Waals surface area contributed by atoms with Crippen LogP contribution in [0.5, 0.6) is 0 Å². The summed E-state index contributed by atoms with van der Waals surface area (Å²) < 4.78 is 13.7. The van der Waals surface area contributed by atoms with Crippen molar-refractivity contribution >= 4 is 23.6 Å². The summed E-state index contributed by atoms with van der Waals surface area (Å²) in [5.41, 5.74) is 6.21. The Kier molecular flexibility index (Phi) is 7.71. The van der Waals surface area contributed by atoms with Crippen LogP contribution < -0.4 is 16.4 Å². The van der Waals surface area contributed by atoms with E-state index in [1.807, 2.05) is 0 Å². The first-order valence-electron chi connectivity index (χ1n) is 8.71. The third-order valence-electron chi connectivity index (χ3n) is 4.29. The summed E-state index contributed by atoms with van der Waals surface area (Å²) in [6.45, 7) is 2.47. The van der Waals surface area contributed by atoms with Crippen LogP contribution in [0.4, 0.5) is 4.39 Å². The number of hydrogen-bond acceptors (Lipinski definition) is 4. The first-order valence-corrected chi connectivity index (χ1v) is 9.75. The molecule has 0 radical (unpaired) electrons. The molecule has 138 valence electrons. The number of amides is 2. The second kappa shape index (κ2) is 9.77. The van der Waals surface area contributed by atoms with Gasteiger partial charge in [0.15, 0.2) is 0 Å². The Hall–Kier alpha value is -1.60. The van der Waals surface area contributed by atoms with Crippen molar-refractivity contribution in [1.82, 2.24) is 10.6 Å². The molecule has 3 unspecified atom stereocenters. The number of carbonyl (C=O) groups excluding carboxylic acids is 2. The molecule has 25 heavy (non-hydrogen) atoms. The molecule has 4 N–H and O–H groups in total. The summed E-state index contributed by atoms with van der Waals surface area (Å²) in [7, 11) is 0. The molecule has 1 heterocycles. The number of hydrogen-bond donors (Lipinski definition) is 3. The Morgan fingerprint density at radius 2 is 2.24 bits per heavy atom. The molecular formula is C18H26FN3O2S. The number of benzene rings is 1. The van der Waals surface area contributed by atoms with Crippen molar-refractivity contribution in [1.29, 1.82) is 0 Å². The predicted molar refractivity (Wildman–Crippen MR) is 98.8 cm³/mol. The van der Waals surface area contributed by atoms with E-state index in [9.17, 15) is 14.0 Å². The molecule has 1 aromatic carbocycles. The van der Waals surface area contributed by atoms with Gasteiger partial charge in [-0.2, -0.15) is 0 Å². The second-order valence-corrected chi connectivity index (χ2v) is 7.50. The number of nitrogens with one attached hydrogen (secondary N) is 2. The fourth-order valence-corrected chi connectivity index (χ4v) is 3.93. The summed E-state index contributed by atoms with van der Waals surface area (Å²) >= 11 is 1.39. The molecular weight excluding hydrogens is 341 g/mol. The fraction of sp³-hybridized carbons (Fsp3) is 0.556. The van der Waals surface area contributed by atoms with E-state index in [1.165, 1.54) is 17.8 Å². The number of carbonyl (C=O) groups is 2. The fourth-order valence-electron chi connectivity index (χ4n) is 2.75. The van der Waals surface area contributed by atoms with E-state index < -0.39 is 6.04 Å². The zero-order valence-electron chi connectivity index (χ0n) is 14.5. The quantitative estimate of drug-likeness (QED) is 0.652. The maximum atomic E-state index is 13.7. The average Bonchev–Trinajstić information content (AvgIpc) is 2.61. The van der Waals surface area contributed by atoms with Crippen molar-refractivity contribution < 1.29 is 14.0 Å². The maximum absolute atomic E-state index is 13.7. The molecule has 0 bridgehead atoms. The van der Waals surface area contributed by atoms with Gasteiger partial charge in [0.1, 0.15) is 11.9 Å². The predicted octanol–water partition coefficient (Wildman–Crippen LogP) is 1.60. The van der Waals surface area contributed by atoms with Crippen molar-refractivity contribution in [3.8, 4) is 0 Å². The van der Waals surface area contributed by atoms with Gasteiger partial charge < -0.3 is 16.4 Å². The van der Waals surface area contributed by atoms with E-state index in [0.29, 0.717) is 24.3 Å². The summed E-state index contributed by atoms with van der Waals surface area (Å²) in [5, 5.41) is 5.29. The normalized spacial score (nSPS) is 21.5. The van der Waals surface area contributed by atoms with Gasteiger partial charge in [-0.05, 0) is 24.5 Å². The number of rotatable bonds is 8. The third kappa shape index (κ3) is 5.71. The highest BCUT2D eigenvalue weighted by Gasteiger charge is 2.33. The second-order valence-electron chi connectivity index (χ2n) is 6.26. The molecule has 1 aliphatic rings. The molecule has 1 saturated heterocycles. The molecule has 2 amide bonds. The van der Waals surface area contributed by atoms with E-state index >= 15 is 0 Å². The molecule has 1 aromatic rings. The molecule has 5 nitrogen and oxygen atoms in total. The first-order chi connectivity index (χ1) is 12.0. The molecule has 0 saturated carbocycles. The average molecular weight is 367 g/mol. The van der Waals surface area contributed by atoms with Crippen LogP contribution in [-0.2, 0) is 16.0 Å². The standard InChI is InChI=1S/C18H26FN3O2S/c1-2-3-7-13(10-20)21-17(23)15-11-25-16(18(24)22-15)9-12-6-4-5-8-14(12)19/h4-6,8,13,15-16H,2-3,7,9-11,20H2,1H3,(H,21,23)(H,22,24). The van der Waals surface area contributed by atoms with Crippen molar-refractivity contribution in [2.75, 3.05) is 12.3 Å². The summed E-state index contributed by atoms with van der Waals surface area (Å²) in [5.74, 6) is -0.256. The molecule has 0 aliphatic carbocycles. The van der Waals surface area contributed by atoms with Crippen molar-refractivity contribution in [3.05, 3.63) is 35.6 Å². The topological polar surface area (TPSA) is 84.2 Å². The Morgan fingerprint density at radius 3 is 2.88 bits per heavy atom. The van der Waals surface area contributed by atoms with Crippen LogP contribution in [0.2, 0.25) is 0 Å². The van der Waals surface area contributed by atoms with Crippen molar-refractivity contribution in [2.24, 2.45) is 5.73 Å². The smallest absolute Gasteiger partial charge is 0.243 e. The zero-order chi connectivity index (χ0) is 18.2.